The summed E-state index contributed by atoms with van der Waals surface area (Å²) in [5.74, 6) is 1.10. The number of aromatic nitrogens is 2. The highest BCUT2D eigenvalue weighted by molar-refractivity contribution is 5.94. The Bertz CT molecular complexity index is 602. The van der Waals surface area contributed by atoms with E-state index in [1.54, 1.807) is 7.11 Å². The van der Waals surface area contributed by atoms with Gasteiger partial charge in [0.25, 0.3) is 5.91 Å². The molecular weight excluding hydrogens is 244 g/mol. The number of carbonyl (C=O) groups is 1. The second kappa shape index (κ2) is 4.89. The lowest BCUT2D eigenvalue weighted by atomic mass is 10.3. The third-order valence-corrected chi connectivity index (χ3v) is 3.30. The second-order valence-corrected chi connectivity index (χ2v) is 4.51. The van der Waals surface area contributed by atoms with Crippen molar-refractivity contribution in [1.29, 1.82) is 0 Å². The van der Waals surface area contributed by atoms with E-state index >= 15 is 0 Å². The Morgan fingerprint density at radius 1 is 1.37 bits per heavy atom. The number of rotatable bonds is 2. The van der Waals surface area contributed by atoms with Gasteiger partial charge in [-0.1, -0.05) is 0 Å². The molecule has 1 saturated heterocycles. The molecule has 1 amide bonds. The number of nitrogens with zero attached hydrogens (tertiary/aromatic N) is 2. The van der Waals surface area contributed by atoms with Crippen molar-refractivity contribution in [3.8, 4) is 5.75 Å². The van der Waals surface area contributed by atoms with Crippen molar-refractivity contribution in [2.75, 3.05) is 33.3 Å². The summed E-state index contributed by atoms with van der Waals surface area (Å²) < 4.78 is 5.16. The minimum atomic E-state index is -0.0448. The number of fused-ring (bicyclic) bond motifs is 1. The number of piperazine rings is 1. The Kier molecular flexibility index (Phi) is 3.08. The molecule has 2 N–H and O–H groups in total. The summed E-state index contributed by atoms with van der Waals surface area (Å²) in [6, 6.07) is 5.53. The van der Waals surface area contributed by atoms with E-state index in [0.717, 1.165) is 43.0 Å². The fourth-order valence-corrected chi connectivity index (χ4v) is 2.23. The summed E-state index contributed by atoms with van der Waals surface area (Å²) in [4.78, 5) is 21.5. The molecule has 0 spiro atoms. The van der Waals surface area contributed by atoms with E-state index in [-0.39, 0.29) is 5.91 Å². The number of hydrogen-bond donors (Lipinski definition) is 2. The van der Waals surface area contributed by atoms with Crippen LogP contribution < -0.4 is 10.1 Å². The molecule has 0 aliphatic carbocycles. The Morgan fingerprint density at radius 2 is 2.16 bits per heavy atom. The van der Waals surface area contributed by atoms with Gasteiger partial charge in [0.1, 0.15) is 5.75 Å². The molecule has 0 bridgehead atoms. The van der Waals surface area contributed by atoms with Gasteiger partial charge in [-0.3, -0.25) is 4.79 Å². The SMILES string of the molecule is COc1ccc2nc(C(=O)N3CCNCC3)[nH]c2c1. The summed E-state index contributed by atoms with van der Waals surface area (Å²) in [5.41, 5.74) is 1.59. The van der Waals surface area contributed by atoms with Crippen LogP contribution in [0.3, 0.4) is 0 Å². The molecule has 1 aliphatic heterocycles. The van der Waals surface area contributed by atoms with Gasteiger partial charge in [0, 0.05) is 32.2 Å². The molecule has 6 heteroatoms. The Labute approximate surface area is 110 Å². The van der Waals surface area contributed by atoms with Crippen LogP contribution in [0.15, 0.2) is 18.2 Å². The number of ether oxygens (including phenoxy) is 1. The normalized spacial score (nSPS) is 15.7. The van der Waals surface area contributed by atoms with E-state index < -0.39 is 0 Å². The lowest BCUT2D eigenvalue weighted by molar-refractivity contribution is 0.0725. The topological polar surface area (TPSA) is 70.2 Å². The van der Waals surface area contributed by atoms with Crippen LogP contribution >= 0.6 is 0 Å². The molecule has 0 radical (unpaired) electrons. The molecule has 2 heterocycles. The zero-order valence-electron chi connectivity index (χ0n) is 10.8. The first kappa shape index (κ1) is 12.0. The fraction of sp³-hybridized carbons (Fsp3) is 0.385. The van der Waals surface area contributed by atoms with Crippen LogP contribution in [0.25, 0.3) is 11.0 Å². The maximum Gasteiger partial charge on any atom is 0.289 e. The van der Waals surface area contributed by atoms with Crippen molar-refractivity contribution in [2.45, 2.75) is 0 Å². The van der Waals surface area contributed by atoms with Gasteiger partial charge >= 0.3 is 0 Å². The zero-order valence-corrected chi connectivity index (χ0v) is 10.8. The van der Waals surface area contributed by atoms with Gasteiger partial charge in [-0.05, 0) is 12.1 Å². The number of methoxy groups -OCH3 is 1. The number of benzene rings is 1. The number of imidazole rings is 1. The van der Waals surface area contributed by atoms with Crippen molar-refractivity contribution in [3.63, 3.8) is 0 Å². The molecule has 1 aromatic heterocycles. The first-order valence-corrected chi connectivity index (χ1v) is 6.31. The van der Waals surface area contributed by atoms with Crippen LogP contribution in [0.2, 0.25) is 0 Å². The van der Waals surface area contributed by atoms with Crippen LogP contribution in [0.4, 0.5) is 0 Å². The third-order valence-electron chi connectivity index (χ3n) is 3.30. The van der Waals surface area contributed by atoms with Gasteiger partial charge in [-0.25, -0.2) is 4.98 Å². The molecule has 19 heavy (non-hydrogen) atoms. The number of nitrogens with one attached hydrogen (secondary N) is 2. The average molecular weight is 260 g/mol. The number of H-pyrrole nitrogens is 1. The molecule has 1 aliphatic rings. The van der Waals surface area contributed by atoms with E-state index in [1.165, 1.54) is 0 Å². The standard InChI is InChI=1S/C13H16N4O2/c1-19-9-2-3-10-11(8-9)16-12(15-10)13(18)17-6-4-14-5-7-17/h2-3,8,14H,4-7H2,1H3,(H,15,16). The predicted molar refractivity (Wildman–Crippen MR) is 71.4 cm³/mol. The molecule has 0 unspecified atom stereocenters. The van der Waals surface area contributed by atoms with Gasteiger partial charge in [0.05, 0.1) is 18.1 Å². The molecular formula is C13H16N4O2. The summed E-state index contributed by atoms with van der Waals surface area (Å²) >= 11 is 0. The summed E-state index contributed by atoms with van der Waals surface area (Å²) in [6.45, 7) is 3.11. The zero-order chi connectivity index (χ0) is 13.2. The molecule has 0 saturated carbocycles. The number of hydrogen-bond acceptors (Lipinski definition) is 4. The van der Waals surface area contributed by atoms with Crippen molar-refractivity contribution in [1.82, 2.24) is 20.2 Å². The first-order chi connectivity index (χ1) is 9.28. The van der Waals surface area contributed by atoms with E-state index in [9.17, 15) is 4.79 Å². The maximum atomic E-state index is 12.3. The summed E-state index contributed by atoms with van der Waals surface area (Å²) in [7, 11) is 1.62. The van der Waals surface area contributed by atoms with Crippen LogP contribution in [0, 0.1) is 0 Å². The highest BCUT2D eigenvalue weighted by Gasteiger charge is 2.20. The van der Waals surface area contributed by atoms with E-state index in [1.807, 2.05) is 23.1 Å². The van der Waals surface area contributed by atoms with E-state index in [2.05, 4.69) is 15.3 Å². The van der Waals surface area contributed by atoms with Crippen molar-refractivity contribution < 1.29 is 9.53 Å². The van der Waals surface area contributed by atoms with Gasteiger partial charge in [0.2, 0.25) is 0 Å². The predicted octanol–water partition coefficient (Wildman–Crippen LogP) is 0.617. The molecule has 2 aromatic rings. The van der Waals surface area contributed by atoms with Crippen LogP contribution in [0.5, 0.6) is 5.75 Å². The van der Waals surface area contributed by atoms with Gasteiger partial charge in [-0.15, -0.1) is 0 Å². The third kappa shape index (κ3) is 2.26. The highest BCUT2D eigenvalue weighted by Crippen LogP contribution is 2.19. The monoisotopic (exact) mass is 260 g/mol. The quantitative estimate of drug-likeness (QED) is 0.830. The Balaban J connectivity index is 1.89. The highest BCUT2D eigenvalue weighted by atomic mass is 16.5. The summed E-state index contributed by atoms with van der Waals surface area (Å²) in [5, 5.41) is 3.22. The van der Waals surface area contributed by atoms with E-state index in [4.69, 9.17) is 4.74 Å². The van der Waals surface area contributed by atoms with Crippen molar-refractivity contribution >= 4 is 16.9 Å². The number of carbonyl (C=O) groups excluding carboxylic acids is 1. The molecule has 1 fully saturated rings. The molecule has 3 rings (SSSR count). The van der Waals surface area contributed by atoms with Crippen LogP contribution in [-0.2, 0) is 0 Å². The minimum Gasteiger partial charge on any atom is -0.497 e. The van der Waals surface area contributed by atoms with Crippen molar-refractivity contribution in [2.24, 2.45) is 0 Å². The van der Waals surface area contributed by atoms with Crippen molar-refractivity contribution in [3.05, 3.63) is 24.0 Å². The van der Waals surface area contributed by atoms with Crippen LogP contribution in [-0.4, -0.2) is 54.1 Å². The second-order valence-electron chi connectivity index (χ2n) is 4.51. The van der Waals surface area contributed by atoms with Gasteiger partial charge in [-0.2, -0.15) is 0 Å². The van der Waals surface area contributed by atoms with E-state index in [0.29, 0.717) is 5.82 Å². The average Bonchev–Trinajstić information content (AvgIpc) is 2.90. The largest absolute Gasteiger partial charge is 0.497 e. The maximum absolute atomic E-state index is 12.3. The lowest BCUT2D eigenvalue weighted by Gasteiger charge is -2.26. The Hall–Kier alpha value is -2.08. The first-order valence-electron chi connectivity index (χ1n) is 6.31. The smallest absolute Gasteiger partial charge is 0.289 e. The molecule has 6 nitrogen and oxygen atoms in total. The molecule has 0 atom stereocenters. The lowest BCUT2D eigenvalue weighted by Crippen LogP contribution is -2.46. The number of amides is 1. The molecule has 100 valence electrons. The van der Waals surface area contributed by atoms with Crippen LogP contribution in [0.1, 0.15) is 10.6 Å². The summed E-state index contributed by atoms with van der Waals surface area (Å²) in [6.07, 6.45) is 0. The van der Waals surface area contributed by atoms with Gasteiger partial charge in [0.15, 0.2) is 5.82 Å². The minimum absolute atomic E-state index is 0.0448. The fourth-order valence-electron chi connectivity index (χ4n) is 2.23. The Morgan fingerprint density at radius 3 is 2.89 bits per heavy atom. The van der Waals surface area contributed by atoms with Gasteiger partial charge < -0.3 is 19.9 Å². The number of aromatic amines is 1. The molecule has 1 aromatic carbocycles.